The molecule has 3 N–H and O–H groups in total. The molecule has 1 rings (SSSR count). The van der Waals surface area contributed by atoms with E-state index in [1.165, 1.54) is 12.8 Å². The zero-order chi connectivity index (χ0) is 14.4. The van der Waals surface area contributed by atoms with Crippen molar-refractivity contribution in [1.82, 2.24) is 15.1 Å². The van der Waals surface area contributed by atoms with E-state index in [4.69, 9.17) is 5.73 Å². The number of amides is 1. The summed E-state index contributed by atoms with van der Waals surface area (Å²) in [7, 11) is 4.30. The minimum Gasteiger partial charge on any atom is -0.355 e. The van der Waals surface area contributed by atoms with Gasteiger partial charge in [-0.15, -0.1) is 24.8 Å². The highest BCUT2D eigenvalue weighted by Gasteiger charge is 2.21. The first kappa shape index (κ1) is 23.2. The SMILES string of the molecule is CC(N)C(C)C(=O)NCCN1CCC(N(C)C)CC1.Cl.Cl. The third-order valence-electron chi connectivity index (χ3n) is 4.22. The fraction of sp³-hybridized carbons (Fsp3) is 0.929. The van der Waals surface area contributed by atoms with Crippen LogP contribution >= 0.6 is 24.8 Å². The third kappa shape index (κ3) is 8.21. The zero-order valence-corrected chi connectivity index (χ0v) is 15.3. The summed E-state index contributed by atoms with van der Waals surface area (Å²) in [4.78, 5) is 16.5. The molecule has 0 spiro atoms. The lowest BCUT2D eigenvalue weighted by Gasteiger charge is -2.35. The van der Waals surface area contributed by atoms with Crippen LogP contribution in [0.1, 0.15) is 26.7 Å². The summed E-state index contributed by atoms with van der Waals surface area (Å²) in [6.45, 7) is 7.67. The Morgan fingerprint density at radius 1 is 1.29 bits per heavy atom. The van der Waals surface area contributed by atoms with E-state index in [1.807, 2.05) is 13.8 Å². The summed E-state index contributed by atoms with van der Waals surface area (Å²) in [5.41, 5.74) is 5.72. The molecule has 5 nitrogen and oxygen atoms in total. The first-order chi connectivity index (χ1) is 8.91. The van der Waals surface area contributed by atoms with Gasteiger partial charge in [0.15, 0.2) is 0 Å². The molecular weight excluding hydrogens is 311 g/mol. The molecule has 128 valence electrons. The maximum absolute atomic E-state index is 11.8. The molecule has 7 heteroatoms. The van der Waals surface area contributed by atoms with Crippen molar-refractivity contribution >= 4 is 30.7 Å². The molecule has 0 aliphatic carbocycles. The molecule has 0 aromatic carbocycles. The number of nitrogens with zero attached hydrogens (tertiary/aromatic N) is 2. The minimum absolute atomic E-state index is 0. The summed E-state index contributed by atoms with van der Waals surface area (Å²) in [5.74, 6) is -0.0438. The lowest BCUT2D eigenvalue weighted by atomic mass is 10.0. The number of hydrogen-bond acceptors (Lipinski definition) is 4. The maximum atomic E-state index is 11.8. The molecule has 21 heavy (non-hydrogen) atoms. The summed E-state index contributed by atoms with van der Waals surface area (Å²) >= 11 is 0. The minimum atomic E-state index is -0.112. The van der Waals surface area contributed by atoms with Crippen molar-refractivity contribution in [2.45, 2.75) is 38.8 Å². The largest absolute Gasteiger partial charge is 0.355 e. The fourth-order valence-electron chi connectivity index (χ4n) is 2.40. The van der Waals surface area contributed by atoms with E-state index in [0.717, 1.165) is 26.2 Å². The fourth-order valence-corrected chi connectivity index (χ4v) is 2.40. The molecule has 1 aliphatic heterocycles. The highest BCUT2D eigenvalue weighted by atomic mass is 35.5. The average molecular weight is 343 g/mol. The third-order valence-corrected chi connectivity index (χ3v) is 4.22. The summed E-state index contributed by atoms with van der Waals surface area (Å²) < 4.78 is 0. The van der Waals surface area contributed by atoms with Gasteiger partial charge in [0.2, 0.25) is 5.91 Å². The molecule has 2 atom stereocenters. The van der Waals surface area contributed by atoms with Gasteiger partial charge in [-0.05, 0) is 47.0 Å². The highest BCUT2D eigenvalue weighted by Crippen LogP contribution is 2.13. The second-order valence-corrected chi connectivity index (χ2v) is 5.98. The number of nitrogens with one attached hydrogen (secondary N) is 1. The Balaban J connectivity index is 0. The molecular formula is C14H32Cl2N4O. The summed E-state index contributed by atoms with van der Waals surface area (Å²) in [6.07, 6.45) is 2.44. The van der Waals surface area contributed by atoms with Crippen LogP contribution in [0.5, 0.6) is 0 Å². The molecule has 0 bridgehead atoms. The van der Waals surface area contributed by atoms with Crippen molar-refractivity contribution in [1.29, 1.82) is 0 Å². The van der Waals surface area contributed by atoms with E-state index in [1.54, 1.807) is 0 Å². The predicted octanol–water partition coefficient (Wildman–Crippen LogP) is 0.955. The van der Waals surface area contributed by atoms with Crippen molar-refractivity contribution in [3.8, 4) is 0 Å². The van der Waals surface area contributed by atoms with Crippen molar-refractivity contribution in [2.75, 3.05) is 40.3 Å². The van der Waals surface area contributed by atoms with Gasteiger partial charge in [0, 0.05) is 31.1 Å². The number of carbonyl (C=O) groups excluding carboxylic acids is 1. The van der Waals surface area contributed by atoms with Gasteiger partial charge < -0.3 is 20.9 Å². The number of hydrogen-bond donors (Lipinski definition) is 2. The first-order valence-electron chi connectivity index (χ1n) is 7.34. The topological polar surface area (TPSA) is 61.6 Å². The number of rotatable bonds is 6. The summed E-state index contributed by atoms with van der Waals surface area (Å²) in [5, 5.41) is 2.97. The number of nitrogens with two attached hydrogens (primary N) is 1. The van der Waals surface area contributed by atoms with E-state index in [-0.39, 0.29) is 42.7 Å². The van der Waals surface area contributed by atoms with Gasteiger partial charge in [0.25, 0.3) is 0 Å². The standard InChI is InChI=1S/C14H30N4O.2ClH/c1-11(12(2)15)14(19)16-7-10-18-8-5-13(6-9-18)17(3)4;;/h11-13H,5-10,15H2,1-4H3,(H,16,19);2*1H. The Labute approximate surface area is 141 Å². The van der Waals surface area contributed by atoms with Gasteiger partial charge in [-0.3, -0.25) is 4.79 Å². The average Bonchev–Trinajstić information content (AvgIpc) is 2.38. The quantitative estimate of drug-likeness (QED) is 0.754. The zero-order valence-electron chi connectivity index (χ0n) is 13.7. The molecule has 1 amide bonds. The lowest BCUT2D eigenvalue weighted by molar-refractivity contribution is -0.125. The predicted molar refractivity (Wildman–Crippen MR) is 93.5 cm³/mol. The van der Waals surface area contributed by atoms with Gasteiger partial charge in [0.05, 0.1) is 0 Å². The van der Waals surface area contributed by atoms with Crippen LogP contribution in [0.3, 0.4) is 0 Å². The molecule has 0 aromatic rings. The highest BCUT2D eigenvalue weighted by molar-refractivity contribution is 5.85. The van der Waals surface area contributed by atoms with Crippen LogP contribution in [0, 0.1) is 5.92 Å². The Morgan fingerprint density at radius 3 is 2.24 bits per heavy atom. The van der Waals surface area contributed by atoms with Crippen LogP contribution in [0.25, 0.3) is 0 Å². The smallest absolute Gasteiger partial charge is 0.224 e. The monoisotopic (exact) mass is 342 g/mol. The van der Waals surface area contributed by atoms with Crippen LogP contribution in [0.15, 0.2) is 0 Å². The van der Waals surface area contributed by atoms with Crippen molar-refractivity contribution in [3.63, 3.8) is 0 Å². The van der Waals surface area contributed by atoms with Crippen LogP contribution in [-0.4, -0.2) is 68.1 Å². The maximum Gasteiger partial charge on any atom is 0.224 e. The molecule has 0 radical (unpaired) electrons. The van der Waals surface area contributed by atoms with Crippen molar-refractivity contribution < 1.29 is 4.79 Å². The van der Waals surface area contributed by atoms with E-state index in [2.05, 4.69) is 29.2 Å². The molecule has 1 fully saturated rings. The van der Waals surface area contributed by atoms with Gasteiger partial charge in [-0.1, -0.05) is 6.92 Å². The van der Waals surface area contributed by atoms with Gasteiger partial charge in [-0.2, -0.15) is 0 Å². The molecule has 1 aliphatic rings. The first-order valence-corrected chi connectivity index (χ1v) is 7.34. The van der Waals surface area contributed by atoms with Gasteiger partial charge in [-0.25, -0.2) is 0 Å². The van der Waals surface area contributed by atoms with Crippen LogP contribution in [-0.2, 0) is 4.79 Å². The van der Waals surface area contributed by atoms with Crippen molar-refractivity contribution in [2.24, 2.45) is 11.7 Å². The van der Waals surface area contributed by atoms with Crippen LogP contribution in [0.4, 0.5) is 0 Å². The van der Waals surface area contributed by atoms with E-state index < -0.39 is 0 Å². The van der Waals surface area contributed by atoms with E-state index >= 15 is 0 Å². The Hall–Kier alpha value is -0.0700. The number of piperidine rings is 1. The lowest BCUT2D eigenvalue weighted by Crippen LogP contribution is -2.45. The number of carbonyl (C=O) groups is 1. The molecule has 1 heterocycles. The van der Waals surface area contributed by atoms with Gasteiger partial charge >= 0.3 is 0 Å². The second kappa shape index (κ2) is 11.5. The van der Waals surface area contributed by atoms with Crippen molar-refractivity contribution in [3.05, 3.63) is 0 Å². The Kier molecular flexibility index (Phi) is 12.7. The molecule has 0 aromatic heterocycles. The Morgan fingerprint density at radius 2 is 1.81 bits per heavy atom. The molecule has 2 unspecified atom stereocenters. The second-order valence-electron chi connectivity index (χ2n) is 5.98. The number of likely N-dealkylation sites (tertiary alicyclic amines) is 1. The summed E-state index contributed by atoms with van der Waals surface area (Å²) in [6, 6.07) is 0.625. The Bertz CT molecular complexity index is 282. The van der Waals surface area contributed by atoms with Gasteiger partial charge in [0.1, 0.15) is 0 Å². The van der Waals surface area contributed by atoms with E-state index in [9.17, 15) is 4.79 Å². The van der Waals surface area contributed by atoms with Crippen LogP contribution in [0.2, 0.25) is 0 Å². The molecule has 1 saturated heterocycles. The normalized spacial score (nSPS) is 19.3. The number of halogens is 2. The molecule has 0 saturated carbocycles. The van der Waals surface area contributed by atoms with Crippen LogP contribution < -0.4 is 11.1 Å². The van der Waals surface area contributed by atoms with E-state index in [0.29, 0.717) is 6.04 Å².